The number of rotatable bonds is 5. The van der Waals surface area contributed by atoms with Crippen LogP contribution < -0.4 is 0 Å². The molecule has 2 heterocycles. The maximum atomic E-state index is 5.99. The van der Waals surface area contributed by atoms with Gasteiger partial charge in [-0.25, -0.2) is 0 Å². The van der Waals surface area contributed by atoms with Crippen molar-refractivity contribution in [3.63, 3.8) is 0 Å². The van der Waals surface area contributed by atoms with Crippen molar-refractivity contribution in [3.8, 4) is 11.3 Å². The number of H-pyrrole nitrogens is 1. The summed E-state index contributed by atoms with van der Waals surface area (Å²) in [5.41, 5.74) is 4.80. The number of piperidine rings is 1. The molecule has 0 aliphatic carbocycles. The van der Waals surface area contributed by atoms with Crippen molar-refractivity contribution < 1.29 is 0 Å². The molecule has 5 heteroatoms. The Labute approximate surface area is 176 Å². The lowest BCUT2D eigenvalue weighted by Gasteiger charge is -2.38. The summed E-state index contributed by atoms with van der Waals surface area (Å²) in [5, 5.41) is 9.39. The maximum Gasteiger partial charge on any atom is 0.0923 e. The van der Waals surface area contributed by atoms with Crippen LogP contribution in [0.5, 0.6) is 0 Å². The van der Waals surface area contributed by atoms with E-state index in [1.54, 1.807) is 0 Å². The fraction of sp³-hybridized carbons (Fsp3) is 0.348. The molecule has 3 aromatic rings. The fourth-order valence-corrected chi connectivity index (χ4v) is 4.13. The van der Waals surface area contributed by atoms with Gasteiger partial charge in [-0.3, -0.25) is 5.10 Å². The second kappa shape index (κ2) is 8.28. The fourth-order valence-electron chi connectivity index (χ4n) is 3.88. The van der Waals surface area contributed by atoms with Gasteiger partial charge in [0.15, 0.2) is 0 Å². The molecular weight excluding hydrogens is 389 g/mol. The smallest absolute Gasteiger partial charge is 0.0923 e. The summed E-state index contributed by atoms with van der Waals surface area (Å²) in [4.78, 5) is 2.56. The highest BCUT2D eigenvalue weighted by atomic mass is 35.5. The molecule has 3 nitrogen and oxygen atoms in total. The first-order valence-corrected chi connectivity index (χ1v) is 10.6. The third-order valence-corrected chi connectivity index (χ3v) is 6.46. The van der Waals surface area contributed by atoms with Crippen LogP contribution in [0, 0.1) is 0 Å². The van der Waals surface area contributed by atoms with Crippen LogP contribution in [0.3, 0.4) is 0 Å². The average Bonchev–Trinajstić information content (AvgIpc) is 3.21. The minimum absolute atomic E-state index is 0.147. The molecule has 1 saturated heterocycles. The van der Waals surface area contributed by atoms with Crippen LogP contribution in [0.1, 0.15) is 31.0 Å². The Morgan fingerprint density at radius 2 is 1.57 bits per heavy atom. The van der Waals surface area contributed by atoms with Crippen LogP contribution in [0.25, 0.3) is 11.3 Å². The molecule has 1 fully saturated rings. The standard InChI is InChI=1S/C23H25Cl2N3/c1-23(22-16-21(26-27-22)18-4-8-20(25)9-5-18)11-14-28(15-12-23)13-10-17-2-6-19(24)7-3-17/h2-9,16H,10-15H2,1H3,(H,26,27). The number of nitrogens with one attached hydrogen (secondary N) is 1. The summed E-state index contributed by atoms with van der Waals surface area (Å²) in [6, 6.07) is 18.2. The predicted molar refractivity (Wildman–Crippen MR) is 117 cm³/mol. The van der Waals surface area contributed by atoms with Gasteiger partial charge in [0.05, 0.1) is 5.69 Å². The molecule has 0 atom stereocenters. The molecule has 28 heavy (non-hydrogen) atoms. The molecule has 0 bridgehead atoms. The molecule has 0 radical (unpaired) electrons. The first kappa shape index (κ1) is 19.5. The second-order valence-corrected chi connectivity index (χ2v) is 8.83. The van der Waals surface area contributed by atoms with Crippen molar-refractivity contribution in [1.29, 1.82) is 0 Å². The maximum absolute atomic E-state index is 5.99. The number of hydrogen-bond donors (Lipinski definition) is 1. The van der Waals surface area contributed by atoms with Crippen molar-refractivity contribution in [3.05, 3.63) is 75.9 Å². The predicted octanol–water partition coefficient (Wildman–Crippen LogP) is 5.98. The summed E-state index contributed by atoms with van der Waals surface area (Å²) in [6.45, 7) is 5.66. The van der Waals surface area contributed by atoms with E-state index in [-0.39, 0.29) is 5.41 Å². The van der Waals surface area contributed by atoms with Gasteiger partial charge in [-0.05, 0) is 68.2 Å². The first-order valence-electron chi connectivity index (χ1n) is 9.80. The van der Waals surface area contributed by atoms with Crippen LogP contribution in [0.4, 0.5) is 0 Å². The molecule has 2 aromatic carbocycles. The van der Waals surface area contributed by atoms with Crippen molar-refractivity contribution in [2.24, 2.45) is 0 Å². The normalized spacial score (nSPS) is 17.0. The quantitative estimate of drug-likeness (QED) is 0.557. The molecule has 1 aromatic heterocycles. The molecule has 4 rings (SSSR count). The summed E-state index contributed by atoms with van der Waals surface area (Å²) in [5.74, 6) is 0. The molecule has 146 valence electrons. The van der Waals surface area contributed by atoms with Crippen molar-refractivity contribution in [2.45, 2.75) is 31.6 Å². The number of aromatic nitrogens is 2. The minimum Gasteiger partial charge on any atom is -0.303 e. The molecule has 1 aliphatic heterocycles. The third-order valence-electron chi connectivity index (χ3n) is 5.96. The Balaban J connectivity index is 1.35. The van der Waals surface area contributed by atoms with Gasteiger partial charge >= 0.3 is 0 Å². The molecule has 0 spiro atoms. The SMILES string of the molecule is CC1(c2cc(-c3ccc(Cl)cc3)n[nH]2)CCN(CCc2ccc(Cl)cc2)CC1. The van der Waals surface area contributed by atoms with Gasteiger partial charge in [0.2, 0.25) is 0 Å². The number of nitrogens with zero attached hydrogens (tertiary/aromatic N) is 2. The summed E-state index contributed by atoms with van der Waals surface area (Å²) in [7, 11) is 0. The Hall–Kier alpha value is -1.81. The highest BCUT2D eigenvalue weighted by molar-refractivity contribution is 6.30. The van der Waals surface area contributed by atoms with Crippen LogP contribution in [-0.2, 0) is 11.8 Å². The average molecular weight is 414 g/mol. The zero-order chi connectivity index (χ0) is 19.6. The molecule has 0 unspecified atom stereocenters. The van der Waals surface area contributed by atoms with Gasteiger partial charge in [-0.15, -0.1) is 0 Å². The number of benzene rings is 2. The zero-order valence-corrected chi connectivity index (χ0v) is 17.6. The van der Waals surface area contributed by atoms with Gasteiger partial charge in [-0.1, -0.05) is 54.4 Å². The van der Waals surface area contributed by atoms with E-state index in [9.17, 15) is 0 Å². The molecular formula is C23H25Cl2N3. The van der Waals surface area contributed by atoms with Crippen LogP contribution in [0.2, 0.25) is 10.0 Å². The topological polar surface area (TPSA) is 31.9 Å². The molecule has 1 aliphatic rings. The summed E-state index contributed by atoms with van der Waals surface area (Å²) < 4.78 is 0. The first-order chi connectivity index (χ1) is 13.5. The monoisotopic (exact) mass is 413 g/mol. The zero-order valence-electron chi connectivity index (χ0n) is 16.1. The van der Waals surface area contributed by atoms with Crippen molar-refractivity contribution >= 4 is 23.2 Å². The Morgan fingerprint density at radius 1 is 0.964 bits per heavy atom. The molecule has 0 amide bonds. The van der Waals surface area contributed by atoms with Gasteiger partial charge in [0.25, 0.3) is 0 Å². The molecule has 1 N–H and O–H groups in total. The van der Waals surface area contributed by atoms with Crippen LogP contribution in [-0.4, -0.2) is 34.7 Å². The molecule has 0 saturated carbocycles. The number of halogens is 2. The lowest BCUT2D eigenvalue weighted by Crippen LogP contribution is -2.41. The minimum atomic E-state index is 0.147. The van der Waals surface area contributed by atoms with E-state index in [1.807, 2.05) is 36.4 Å². The Morgan fingerprint density at radius 3 is 2.21 bits per heavy atom. The van der Waals surface area contributed by atoms with Gasteiger partial charge in [-0.2, -0.15) is 5.10 Å². The number of aromatic amines is 1. The Bertz CT molecular complexity index is 908. The van der Waals surface area contributed by atoms with E-state index in [0.717, 1.165) is 60.2 Å². The largest absolute Gasteiger partial charge is 0.303 e. The second-order valence-electron chi connectivity index (χ2n) is 7.95. The highest BCUT2D eigenvalue weighted by Gasteiger charge is 2.33. The van der Waals surface area contributed by atoms with Gasteiger partial charge < -0.3 is 4.90 Å². The number of likely N-dealkylation sites (tertiary alicyclic amines) is 1. The third kappa shape index (κ3) is 4.43. The lowest BCUT2D eigenvalue weighted by atomic mass is 9.77. The van der Waals surface area contributed by atoms with E-state index >= 15 is 0 Å². The van der Waals surface area contributed by atoms with Crippen molar-refractivity contribution in [2.75, 3.05) is 19.6 Å². The summed E-state index contributed by atoms with van der Waals surface area (Å²) in [6.07, 6.45) is 3.34. The van der Waals surface area contributed by atoms with Crippen molar-refractivity contribution in [1.82, 2.24) is 15.1 Å². The summed E-state index contributed by atoms with van der Waals surface area (Å²) >= 11 is 12.0. The van der Waals surface area contributed by atoms with E-state index in [4.69, 9.17) is 23.2 Å². The Kier molecular flexibility index (Phi) is 5.77. The van der Waals surface area contributed by atoms with Crippen LogP contribution >= 0.6 is 23.2 Å². The van der Waals surface area contributed by atoms with E-state index in [2.05, 4.69) is 40.2 Å². The highest BCUT2D eigenvalue weighted by Crippen LogP contribution is 2.35. The number of hydrogen-bond acceptors (Lipinski definition) is 2. The van der Waals surface area contributed by atoms with Gasteiger partial charge in [0, 0.05) is 33.3 Å². The lowest BCUT2D eigenvalue weighted by molar-refractivity contribution is 0.168. The van der Waals surface area contributed by atoms with Gasteiger partial charge in [0.1, 0.15) is 0 Å². The van der Waals surface area contributed by atoms with E-state index < -0.39 is 0 Å². The van der Waals surface area contributed by atoms with Crippen LogP contribution in [0.15, 0.2) is 54.6 Å². The van der Waals surface area contributed by atoms with E-state index in [1.165, 1.54) is 11.3 Å². The van der Waals surface area contributed by atoms with E-state index in [0.29, 0.717) is 0 Å².